The summed E-state index contributed by atoms with van der Waals surface area (Å²) in [7, 11) is 0. The topological polar surface area (TPSA) is 88.7 Å². The summed E-state index contributed by atoms with van der Waals surface area (Å²) in [6, 6.07) is 15.5. The first-order chi connectivity index (χ1) is 17.9. The Hall–Kier alpha value is -3.13. The van der Waals surface area contributed by atoms with Crippen molar-refractivity contribution in [1.82, 2.24) is 5.32 Å². The molecule has 3 rings (SSSR count). The van der Waals surface area contributed by atoms with Gasteiger partial charge in [-0.25, -0.2) is 0 Å². The Kier molecular flexibility index (Phi) is 10.1. The second-order valence-electron chi connectivity index (χ2n) is 9.43. The van der Waals surface area contributed by atoms with Crippen molar-refractivity contribution in [3.63, 3.8) is 0 Å². The van der Waals surface area contributed by atoms with Crippen LogP contribution in [0.15, 0.2) is 54.6 Å². The number of ether oxygens (including phenoxy) is 2. The van der Waals surface area contributed by atoms with Crippen LogP contribution in [0.3, 0.4) is 0 Å². The third-order valence-electron chi connectivity index (χ3n) is 5.05. The Balaban J connectivity index is 1.62. The number of nitrogens with one attached hydrogen (secondary N) is 3. The zero-order chi connectivity index (χ0) is 27.9. The number of benzene rings is 3. The summed E-state index contributed by atoms with van der Waals surface area (Å²) in [5, 5.41) is 10.1. The average Bonchev–Trinajstić information content (AvgIpc) is 2.82. The summed E-state index contributed by atoms with van der Waals surface area (Å²) < 4.78 is 11.4. The lowest BCUT2D eigenvalue weighted by atomic mass is 10.1. The molecule has 0 saturated carbocycles. The van der Waals surface area contributed by atoms with Crippen molar-refractivity contribution >= 4 is 58.0 Å². The van der Waals surface area contributed by atoms with Crippen LogP contribution < -0.4 is 25.4 Å². The molecule has 0 aliphatic heterocycles. The predicted octanol–water partition coefficient (Wildman–Crippen LogP) is 7.20. The molecule has 0 bridgehead atoms. The highest BCUT2D eigenvalue weighted by Gasteiger charge is 2.18. The van der Waals surface area contributed by atoms with Gasteiger partial charge in [-0.05, 0) is 87.9 Å². The fourth-order valence-corrected chi connectivity index (χ4v) is 4.25. The smallest absolute Gasteiger partial charge is 0.258 e. The molecule has 7 nitrogen and oxygen atoms in total. The van der Waals surface area contributed by atoms with E-state index in [9.17, 15) is 9.59 Å². The molecule has 0 unspecified atom stereocenters. The van der Waals surface area contributed by atoms with E-state index >= 15 is 0 Å². The first-order valence-electron chi connectivity index (χ1n) is 11.9. The van der Waals surface area contributed by atoms with E-state index in [4.69, 9.17) is 44.3 Å². The molecule has 0 fully saturated rings. The quantitative estimate of drug-likeness (QED) is 0.237. The molecule has 0 aromatic heterocycles. The zero-order valence-corrected chi connectivity index (χ0v) is 23.9. The van der Waals surface area contributed by atoms with Crippen molar-refractivity contribution in [2.24, 2.45) is 0 Å². The molecule has 0 spiro atoms. The zero-order valence-electron chi connectivity index (χ0n) is 21.6. The van der Waals surface area contributed by atoms with Gasteiger partial charge in [-0.15, -0.1) is 0 Å². The number of halogens is 3. The fraction of sp³-hybridized carbons (Fsp3) is 0.286. The van der Waals surface area contributed by atoms with Crippen molar-refractivity contribution in [3.05, 3.63) is 80.8 Å². The molecule has 38 heavy (non-hydrogen) atoms. The first kappa shape index (κ1) is 29.4. The van der Waals surface area contributed by atoms with Crippen LogP contribution in [0.2, 0.25) is 15.1 Å². The van der Waals surface area contributed by atoms with Gasteiger partial charge in [0.1, 0.15) is 0 Å². The minimum atomic E-state index is -0.364. The standard InChI is InChI=1S/C28H30Cl3N3O4/c1-5-37-24-13-17(12-23(31)26(24)38-16-25(35)34-28(2,3)4)15-32-19-7-9-20(10-8-19)33-27(36)21-11-6-18(29)14-22(21)30/h6-14,32H,5,15-16H2,1-4H3,(H,33,36)(H,34,35). The maximum absolute atomic E-state index is 12.5. The van der Waals surface area contributed by atoms with Gasteiger partial charge >= 0.3 is 0 Å². The Labute approximate surface area is 237 Å². The highest BCUT2D eigenvalue weighted by atomic mass is 35.5. The molecule has 202 valence electrons. The van der Waals surface area contributed by atoms with Crippen LogP contribution >= 0.6 is 34.8 Å². The number of hydrogen-bond acceptors (Lipinski definition) is 5. The largest absolute Gasteiger partial charge is 0.490 e. The van der Waals surface area contributed by atoms with E-state index in [0.717, 1.165) is 11.3 Å². The van der Waals surface area contributed by atoms with Gasteiger partial charge in [-0.1, -0.05) is 34.8 Å². The van der Waals surface area contributed by atoms with Crippen molar-refractivity contribution < 1.29 is 19.1 Å². The van der Waals surface area contributed by atoms with Crippen LogP contribution in [0.5, 0.6) is 11.5 Å². The van der Waals surface area contributed by atoms with Gasteiger partial charge in [-0.3, -0.25) is 9.59 Å². The van der Waals surface area contributed by atoms with E-state index in [0.29, 0.717) is 45.9 Å². The highest BCUT2D eigenvalue weighted by Crippen LogP contribution is 2.37. The second kappa shape index (κ2) is 13.1. The molecule has 3 aromatic carbocycles. The van der Waals surface area contributed by atoms with Crippen LogP contribution in [0.4, 0.5) is 11.4 Å². The molecule has 0 heterocycles. The number of hydrogen-bond donors (Lipinski definition) is 3. The van der Waals surface area contributed by atoms with E-state index in [-0.39, 0.29) is 29.0 Å². The van der Waals surface area contributed by atoms with Gasteiger partial charge in [0.2, 0.25) is 0 Å². The monoisotopic (exact) mass is 577 g/mol. The summed E-state index contributed by atoms with van der Waals surface area (Å²) >= 11 is 18.5. The Morgan fingerprint density at radius 3 is 2.18 bits per heavy atom. The fourth-order valence-electron chi connectivity index (χ4n) is 3.47. The van der Waals surface area contributed by atoms with Gasteiger partial charge in [0, 0.05) is 28.5 Å². The summed E-state index contributed by atoms with van der Waals surface area (Å²) in [5.41, 5.74) is 2.28. The lowest BCUT2D eigenvalue weighted by Gasteiger charge is -2.21. The number of rotatable bonds is 10. The van der Waals surface area contributed by atoms with Gasteiger partial charge < -0.3 is 25.4 Å². The normalized spacial score (nSPS) is 11.0. The van der Waals surface area contributed by atoms with Gasteiger partial charge in [-0.2, -0.15) is 0 Å². The molecule has 2 amide bonds. The van der Waals surface area contributed by atoms with Crippen LogP contribution in [-0.4, -0.2) is 30.6 Å². The lowest BCUT2D eigenvalue weighted by molar-refractivity contribution is -0.124. The minimum absolute atomic E-state index is 0.179. The number of carbonyl (C=O) groups is 2. The second-order valence-corrected chi connectivity index (χ2v) is 10.7. The molecular weight excluding hydrogens is 549 g/mol. The SMILES string of the molecule is CCOc1cc(CNc2ccc(NC(=O)c3ccc(Cl)cc3Cl)cc2)cc(Cl)c1OCC(=O)NC(C)(C)C. The number of carbonyl (C=O) groups excluding carboxylic acids is 2. The number of amides is 2. The average molecular weight is 579 g/mol. The molecule has 0 aliphatic rings. The van der Waals surface area contributed by atoms with E-state index in [1.807, 2.05) is 45.9 Å². The molecular formula is C28H30Cl3N3O4. The van der Waals surface area contributed by atoms with Gasteiger partial charge in [0.15, 0.2) is 18.1 Å². The van der Waals surface area contributed by atoms with Crippen LogP contribution in [0, 0.1) is 0 Å². The highest BCUT2D eigenvalue weighted by molar-refractivity contribution is 6.37. The molecule has 10 heteroatoms. The van der Waals surface area contributed by atoms with Crippen molar-refractivity contribution in [3.8, 4) is 11.5 Å². The van der Waals surface area contributed by atoms with E-state index < -0.39 is 0 Å². The Bertz CT molecular complexity index is 1290. The minimum Gasteiger partial charge on any atom is -0.490 e. The van der Waals surface area contributed by atoms with Gasteiger partial charge in [0.05, 0.1) is 22.2 Å². The maximum Gasteiger partial charge on any atom is 0.258 e. The van der Waals surface area contributed by atoms with E-state index in [1.54, 1.807) is 30.3 Å². The molecule has 3 N–H and O–H groups in total. The van der Waals surface area contributed by atoms with Crippen LogP contribution in [0.1, 0.15) is 43.6 Å². The van der Waals surface area contributed by atoms with Crippen molar-refractivity contribution in [2.45, 2.75) is 39.8 Å². The molecule has 3 aromatic rings. The molecule has 0 atom stereocenters. The third kappa shape index (κ3) is 8.72. The maximum atomic E-state index is 12.5. The van der Waals surface area contributed by atoms with E-state index in [1.165, 1.54) is 6.07 Å². The molecule has 0 saturated heterocycles. The summed E-state index contributed by atoms with van der Waals surface area (Å²) in [6.07, 6.45) is 0. The third-order valence-corrected chi connectivity index (χ3v) is 5.87. The van der Waals surface area contributed by atoms with Crippen LogP contribution in [-0.2, 0) is 11.3 Å². The summed E-state index contributed by atoms with van der Waals surface area (Å²) in [6.45, 7) is 8.23. The van der Waals surface area contributed by atoms with Crippen molar-refractivity contribution in [2.75, 3.05) is 23.8 Å². The lowest BCUT2D eigenvalue weighted by Crippen LogP contribution is -2.43. The van der Waals surface area contributed by atoms with E-state index in [2.05, 4.69) is 16.0 Å². The number of anilines is 2. The molecule has 0 aliphatic carbocycles. The Morgan fingerprint density at radius 1 is 0.868 bits per heavy atom. The van der Waals surface area contributed by atoms with Crippen molar-refractivity contribution in [1.29, 1.82) is 0 Å². The first-order valence-corrected chi connectivity index (χ1v) is 13.1. The van der Waals surface area contributed by atoms with Gasteiger partial charge in [0.25, 0.3) is 11.8 Å². The van der Waals surface area contributed by atoms with Crippen LogP contribution in [0.25, 0.3) is 0 Å². The molecule has 0 radical (unpaired) electrons. The summed E-state index contributed by atoms with van der Waals surface area (Å²) in [4.78, 5) is 24.7. The Morgan fingerprint density at radius 2 is 1.55 bits per heavy atom. The summed E-state index contributed by atoms with van der Waals surface area (Å²) in [5.74, 6) is 0.197. The predicted molar refractivity (Wildman–Crippen MR) is 154 cm³/mol.